The van der Waals surface area contributed by atoms with Gasteiger partial charge in [0.05, 0.1) is 0 Å². The van der Waals surface area contributed by atoms with E-state index in [4.69, 9.17) is 17.4 Å². The summed E-state index contributed by atoms with van der Waals surface area (Å²) < 4.78 is 14.0. The second-order valence-corrected chi connectivity index (χ2v) is 5.98. The van der Waals surface area contributed by atoms with Crippen molar-refractivity contribution < 1.29 is 4.39 Å². The van der Waals surface area contributed by atoms with Gasteiger partial charge in [0.2, 0.25) is 0 Å². The fourth-order valence-corrected chi connectivity index (χ4v) is 3.16. The normalized spacial score (nSPS) is 16.0. The second-order valence-electron chi connectivity index (χ2n) is 5.54. The van der Waals surface area contributed by atoms with E-state index in [1.807, 2.05) is 0 Å². The Kier molecular flexibility index (Phi) is 7.07. The Balaban J connectivity index is 3.04. The number of hydrogen-bond donors (Lipinski definition) is 2. The van der Waals surface area contributed by atoms with Crippen LogP contribution in [0.25, 0.3) is 0 Å². The molecule has 1 rings (SSSR count). The van der Waals surface area contributed by atoms with E-state index in [-0.39, 0.29) is 17.4 Å². The van der Waals surface area contributed by atoms with Gasteiger partial charge < -0.3 is 0 Å². The molecule has 0 aromatic heterocycles. The second kappa shape index (κ2) is 8.08. The zero-order valence-electron chi connectivity index (χ0n) is 13.4. The molecule has 5 heteroatoms. The summed E-state index contributed by atoms with van der Waals surface area (Å²) in [5.74, 6) is 5.51. The quantitative estimate of drug-likeness (QED) is 0.571. The molecule has 3 nitrogen and oxygen atoms in total. The zero-order valence-corrected chi connectivity index (χ0v) is 14.2. The van der Waals surface area contributed by atoms with Crippen LogP contribution in [0.2, 0.25) is 5.02 Å². The van der Waals surface area contributed by atoms with Crippen LogP contribution in [0.1, 0.15) is 39.7 Å². The molecular weight excluding hydrogens is 289 g/mol. The molecule has 0 spiro atoms. The fourth-order valence-electron chi connectivity index (χ4n) is 3.00. The van der Waals surface area contributed by atoms with Crippen LogP contribution >= 0.6 is 11.6 Å². The monoisotopic (exact) mass is 315 g/mol. The minimum absolute atomic E-state index is 0.0434. The van der Waals surface area contributed by atoms with Gasteiger partial charge in [-0.2, -0.15) is 0 Å². The number of nitrogens with zero attached hydrogens (tertiary/aromatic N) is 1. The number of benzene rings is 1. The Morgan fingerprint density at radius 2 is 1.95 bits per heavy atom. The molecule has 3 N–H and O–H groups in total. The van der Waals surface area contributed by atoms with Crippen molar-refractivity contribution in [1.82, 2.24) is 10.3 Å². The lowest BCUT2D eigenvalue weighted by Gasteiger charge is -2.45. The molecule has 0 radical (unpaired) electrons. The fraction of sp³-hybridized carbons (Fsp3) is 0.625. The first-order chi connectivity index (χ1) is 9.92. The SMILES string of the molecule is CCN(CC)C(C)(CC)C(Cc1ccc(Cl)cc1F)NN. The van der Waals surface area contributed by atoms with Crippen LogP contribution in [0.3, 0.4) is 0 Å². The predicted octanol–water partition coefficient (Wildman–Crippen LogP) is 3.36. The van der Waals surface area contributed by atoms with Gasteiger partial charge >= 0.3 is 0 Å². The Labute approximate surface area is 132 Å². The molecule has 120 valence electrons. The Morgan fingerprint density at radius 1 is 1.33 bits per heavy atom. The van der Waals surface area contributed by atoms with Crippen molar-refractivity contribution >= 4 is 11.6 Å². The summed E-state index contributed by atoms with van der Waals surface area (Å²) in [7, 11) is 0. The molecule has 0 saturated heterocycles. The third-order valence-corrected chi connectivity index (χ3v) is 4.83. The topological polar surface area (TPSA) is 41.3 Å². The van der Waals surface area contributed by atoms with Crippen LogP contribution in [0.4, 0.5) is 4.39 Å². The maximum Gasteiger partial charge on any atom is 0.127 e. The molecule has 0 fully saturated rings. The largest absolute Gasteiger partial charge is 0.297 e. The smallest absolute Gasteiger partial charge is 0.127 e. The number of hydrogen-bond acceptors (Lipinski definition) is 3. The molecule has 0 aliphatic carbocycles. The maximum absolute atomic E-state index is 14.0. The highest BCUT2D eigenvalue weighted by Crippen LogP contribution is 2.27. The molecule has 0 amide bonds. The summed E-state index contributed by atoms with van der Waals surface area (Å²) in [5.41, 5.74) is 3.39. The molecule has 0 heterocycles. The highest BCUT2D eigenvalue weighted by molar-refractivity contribution is 6.30. The van der Waals surface area contributed by atoms with Crippen molar-refractivity contribution in [2.45, 2.75) is 52.1 Å². The summed E-state index contributed by atoms with van der Waals surface area (Å²) >= 11 is 5.81. The number of halogens is 2. The maximum atomic E-state index is 14.0. The number of hydrazine groups is 1. The molecule has 0 saturated carbocycles. The summed E-state index contributed by atoms with van der Waals surface area (Å²) in [6.45, 7) is 10.4. The van der Waals surface area contributed by atoms with Gasteiger partial charge in [0.25, 0.3) is 0 Å². The van der Waals surface area contributed by atoms with E-state index >= 15 is 0 Å². The number of likely N-dealkylation sites (N-methyl/N-ethyl adjacent to an activating group) is 1. The first-order valence-corrected chi connectivity index (χ1v) is 7.95. The van der Waals surface area contributed by atoms with Crippen molar-refractivity contribution in [2.24, 2.45) is 5.84 Å². The lowest BCUT2D eigenvalue weighted by atomic mass is 9.83. The molecule has 0 aliphatic rings. The molecule has 21 heavy (non-hydrogen) atoms. The minimum Gasteiger partial charge on any atom is -0.297 e. The summed E-state index contributed by atoms with van der Waals surface area (Å²) in [6, 6.07) is 4.76. The van der Waals surface area contributed by atoms with Crippen molar-refractivity contribution in [1.29, 1.82) is 0 Å². The number of rotatable bonds is 8. The standard InChI is InChI=1S/C16H27ClFN3/c1-5-16(4,21(6-2)7-3)15(20-19)10-12-8-9-13(17)11-14(12)18/h8-9,11,15,20H,5-7,10,19H2,1-4H3. The van der Waals surface area contributed by atoms with Crippen molar-refractivity contribution in [2.75, 3.05) is 13.1 Å². The third-order valence-electron chi connectivity index (χ3n) is 4.59. The van der Waals surface area contributed by atoms with Crippen molar-refractivity contribution in [3.05, 3.63) is 34.6 Å². The lowest BCUT2D eigenvalue weighted by molar-refractivity contribution is 0.0698. The number of nitrogens with two attached hydrogens (primary N) is 1. The van der Waals surface area contributed by atoms with Crippen LogP contribution in [-0.2, 0) is 6.42 Å². The van der Waals surface area contributed by atoms with E-state index in [1.165, 1.54) is 6.07 Å². The Morgan fingerprint density at radius 3 is 2.38 bits per heavy atom. The molecule has 2 atom stereocenters. The molecule has 1 aromatic carbocycles. The third kappa shape index (κ3) is 4.16. The van der Waals surface area contributed by atoms with E-state index in [2.05, 4.69) is 38.0 Å². The molecule has 0 aliphatic heterocycles. The van der Waals surface area contributed by atoms with Gasteiger partial charge in [-0.05, 0) is 50.6 Å². The summed E-state index contributed by atoms with van der Waals surface area (Å²) in [4.78, 5) is 2.37. The van der Waals surface area contributed by atoms with Gasteiger partial charge in [0.15, 0.2) is 0 Å². The molecule has 1 aromatic rings. The Hall–Kier alpha value is -0.680. The van der Waals surface area contributed by atoms with Gasteiger partial charge in [-0.15, -0.1) is 0 Å². The van der Waals surface area contributed by atoms with E-state index in [9.17, 15) is 4.39 Å². The lowest BCUT2D eigenvalue weighted by Crippen LogP contribution is -2.61. The highest BCUT2D eigenvalue weighted by atomic mass is 35.5. The van der Waals surface area contributed by atoms with Crippen molar-refractivity contribution in [3.63, 3.8) is 0 Å². The van der Waals surface area contributed by atoms with Gasteiger partial charge in [-0.3, -0.25) is 16.2 Å². The average Bonchev–Trinajstić information content (AvgIpc) is 2.47. The Bertz CT molecular complexity index is 451. The molecule has 2 unspecified atom stereocenters. The van der Waals surface area contributed by atoms with E-state index < -0.39 is 0 Å². The molecular formula is C16H27ClFN3. The highest BCUT2D eigenvalue weighted by Gasteiger charge is 2.36. The first kappa shape index (κ1) is 18.4. The van der Waals surface area contributed by atoms with Gasteiger partial charge in [-0.1, -0.05) is 38.4 Å². The van der Waals surface area contributed by atoms with E-state index in [0.29, 0.717) is 17.0 Å². The minimum atomic E-state index is -0.277. The number of nitrogens with one attached hydrogen (secondary N) is 1. The van der Waals surface area contributed by atoms with Crippen molar-refractivity contribution in [3.8, 4) is 0 Å². The first-order valence-electron chi connectivity index (χ1n) is 7.57. The van der Waals surface area contributed by atoms with E-state index in [1.54, 1.807) is 12.1 Å². The van der Waals surface area contributed by atoms with Crippen LogP contribution in [-0.4, -0.2) is 29.6 Å². The summed E-state index contributed by atoms with van der Waals surface area (Å²) in [5, 5.41) is 0.413. The summed E-state index contributed by atoms with van der Waals surface area (Å²) in [6.07, 6.45) is 1.46. The predicted molar refractivity (Wildman–Crippen MR) is 87.8 cm³/mol. The molecule has 0 bridgehead atoms. The van der Waals surface area contributed by atoms with Gasteiger partial charge in [0.1, 0.15) is 5.82 Å². The zero-order chi connectivity index (χ0) is 16.0. The van der Waals surface area contributed by atoms with Crippen LogP contribution in [0.15, 0.2) is 18.2 Å². The van der Waals surface area contributed by atoms with Crippen LogP contribution in [0.5, 0.6) is 0 Å². The van der Waals surface area contributed by atoms with Crippen LogP contribution in [0, 0.1) is 5.82 Å². The van der Waals surface area contributed by atoms with Crippen LogP contribution < -0.4 is 11.3 Å². The average molecular weight is 316 g/mol. The van der Waals surface area contributed by atoms with Gasteiger partial charge in [0, 0.05) is 16.6 Å². The van der Waals surface area contributed by atoms with Gasteiger partial charge in [-0.25, -0.2) is 4.39 Å². The van der Waals surface area contributed by atoms with E-state index in [0.717, 1.165) is 19.5 Å².